The molecule has 0 aliphatic carbocycles. The number of aryl methyl sites for hydroxylation is 1. The zero-order chi connectivity index (χ0) is 15.6. The second-order valence-corrected chi connectivity index (χ2v) is 6.65. The van der Waals surface area contributed by atoms with Crippen molar-refractivity contribution in [2.75, 3.05) is 7.05 Å². The third kappa shape index (κ3) is 3.32. The van der Waals surface area contributed by atoms with Gasteiger partial charge in [0.25, 0.3) is 10.0 Å². The van der Waals surface area contributed by atoms with E-state index in [1.54, 1.807) is 0 Å². The highest BCUT2D eigenvalue weighted by Crippen LogP contribution is 2.19. The van der Waals surface area contributed by atoms with Gasteiger partial charge in [0.15, 0.2) is 0 Å². The molecule has 0 unspecified atom stereocenters. The summed E-state index contributed by atoms with van der Waals surface area (Å²) in [7, 11) is -2.44. The van der Waals surface area contributed by atoms with Crippen LogP contribution in [-0.2, 0) is 16.6 Å². The van der Waals surface area contributed by atoms with Crippen LogP contribution in [0.4, 0.5) is 0 Å². The Kier molecular flexibility index (Phi) is 4.15. The van der Waals surface area contributed by atoms with Gasteiger partial charge < -0.3 is 9.52 Å². The molecule has 0 amide bonds. The van der Waals surface area contributed by atoms with Crippen molar-refractivity contribution >= 4 is 16.0 Å². The molecule has 0 aliphatic rings. The van der Waals surface area contributed by atoms with E-state index in [0.717, 1.165) is 27.6 Å². The van der Waals surface area contributed by atoms with E-state index in [0.29, 0.717) is 0 Å². The number of carboxylic acids is 1. The Morgan fingerprint density at radius 1 is 1.19 bits per heavy atom. The predicted octanol–water partition coefficient (Wildman–Crippen LogP) is 2.11. The molecule has 21 heavy (non-hydrogen) atoms. The standard InChI is InChI=1S/C14H15NO5S/c1-10-3-5-11(6-4-10)9-15(2)21(18,19)13-8-7-12(20-13)14(16)17/h3-8H,9H2,1-2H3,(H,16,17). The number of benzene rings is 1. The number of hydrogen-bond acceptors (Lipinski definition) is 4. The topological polar surface area (TPSA) is 87.8 Å². The van der Waals surface area contributed by atoms with Crippen molar-refractivity contribution in [1.29, 1.82) is 0 Å². The van der Waals surface area contributed by atoms with Gasteiger partial charge >= 0.3 is 5.97 Å². The third-order valence-electron chi connectivity index (χ3n) is 2.98. The normalized spacial score (nSPS) is 11.8. The number of sulfonamides is 1. The van der Waals surface area contributed by atoms with Crippen LogP contribution in [0.3, 0.4) is 0 Å². The Morgan fingerprint density at radius 3 is 2.33 bits per heavy atom. The maximum Gasteiger partial charge on any atom is 0.371 e. The quantitative estimate of drug-likeness (QED) is 0.914. The zero-order valence-corrected chi connectivity index (χ0v) is 12.4. The van der Waals surface area contributed by atoms with E-state index < -0.39 is 21.8 Å². The molecule has 0 aliphatic heterocycles. The van der Waals surface area contributed by atoms with Crippen LogP contribution in [0.1, 0.15) is 21.7 Å². The fourth-order valence-corrected chi connectivity index (χ4v) is 2.82. The van der Waals surface area contributed by atoms with E-state index in [-0.39, 0.29) is 11.6 Å². The van der Waals surface area contributed by atoms with Crippen LogP contribution in [0, 0.1) is 6.92 Å². The van der Waals surface area contributed by atoms with E-state index in [9.17, 15) is 13.2 Å². The molecule has 0 atom stereocenters. The number of carbonyl (C=O) groups is 1. The van der Waals surface area contributed by atoms with Crippen LogP contribution in [0.25, 0.3) is 0 Å². The first-order chi connectivity index (χ1) is 9.80. The fraction of sp³-hybridized carbons (Fsp3) is 0.214. The Morgan fingerprint density at radius 2 is 1.81 bits per heavy atom. The summed E-state index contributed by atoms with van der Waals surface area (Å²) in [4.78, 5) is 10.7. The summed E-state index contributed by atoms with van der Waals surface area (Å²) in [5, 5.41) is 8.38. The molecule has 112 valence electrons. The molecule has 0 spiro atoms. The van der Waals surface area contributed by atoms with Gasteiger partial charge in [-0.1, -0.05) is 29.8 Å². The number of hydrogen-bond donors (Lipinski definition) is 1. The number of nitrogens with zero attached hydrogens (tertiary/aromatic N) is 1. The van der Waals surface area contributed by atoms with E-state index >= 15 is 0 Å². The van der Waals surface area contributed by atoms with Gasteiger partial charge in [-0.15, -0.1) is 0 Å². The first-order valence-electron chi connectivity index (χ1n) is 6.16. The minimum atomic E-state index is -3.86. The molecule has 0 radical (unpaired) electrons. The monoisotopic (exact) mass is 309 g/mol. The Bertz CT molecular complexity index is 746. The maximum absolute atomic E-state index is 12.3. The van der Waals surface area contributed by atoms with Crippen LogP contribution < -0.4 is 0 Å². The second-order valence-electron chi connectivity index (χ2n) is 4.67. The summed E-state index contributed by atoms with van der Waals surface area (Å²) in [6.45, 7) is 2.12. The lowest BCUT2D eigenvalue weighted by molar-refractivity contribution is 0.0656. The van der Waals surface area contributed by atoms with Gasteiger partial charge in [0.2, 0.25) is 10.9 Å². The summed E-state index contributed by atoms with van der Waals surface area (Å²) in [5.74, 6) is -1.71. The average molecular weight is 309 g/mol. The van der Waals surface area contributed by atoms with E-state index in [2.05, 4.69) is 0 Å². The number of carboxylic acid groups (broad SMARTS) is 1. The fourth-order valence-electron chi connectivity index (χ4n) is 1.76. The van der Waals surface area contributed by atoms with Crippen molar-refractivity contribution in [1.82, 2.24) is 4.31 Å². The highest BCUT2D eigenvalue weighted by atomic mass is 32.2. The Hall–Kier alpha value is -2.12. The summed E-state index contributed by atoms with van der Waals surface area (Å²) in [6, 6.07) is 9.73. The van der Waals surface area contributed by atoms with Gasteiger partial charge in [0.1, 0.15) is 0 Å². The van der Waals surface area contributed by atoms with Crippen molar-refractivity contribution in [3.05, 3.63) is 53.3 Å². The third-order valence-corrected chi connectivity index (χ3v) is 4.66. The van der Waals surface area contributed by atoms with Crippen molar-refractivity contribution in [3.63, 3.8) is 0 Å². The molecule has 0 saturated carbocycles. The lowest BCUT2D eigenvalue weighted by Crippen LogP contribution is -2.26. The Balaban J connectivity index is 2.21. The number of furan rings is 1. The first kappa shape index (κ1) is 15.3. The van der Waals surface area contributed by atoms with Crippen molar-refractivity contribution in [2.45, 2.75) is 18.6 Å². The van der Waals surface area contributed by atoms with Gasteiger partial charge in [-0.3, -0.25) is 0 Å². The van der Waals surface area contributed by atoms with E-state index in [1.165, 1.54) is 7.05 Å². The Labute approximate surface area is 122 Å². The molecule has 0 saturated heterocycles. The summed E-state index contributed by atoms with van der Waals surface area (Å²) >= 11 is 0. The molecule has 0 bridgehead atoms. The minimum Gasteiger partial charge on any atom is -0.475 e. The highest BCUT2D eigenvalue weighted by molar-refractivity contribution is 7.88. The predicted molar refractivity (Wildman–Crippen MR) is 75.5 cm³/mol. The summed E-state index contributed by atoms with van der Waals surface area (Å²) < 4.78 is 30.5. The molecule has 1 aromatic carbocycles. The lowest BCUT2D eigenvalue weighted by Gasteiger charge is -2.15. The van der Waals surface area contributed by atoms with Gasteiger partial charge in [0.05, 0.1) is 0 Å². The molecule has 1 heterocycles. The largest absolute Gasteiger partial charge is 0.475 e. The maximum atomic E-state index is 12.3. The van der Waals surface area contributed by atoms with E-state index in [4.69, 9.17) is 9.52 Å². The lowest BCUT2D eigenvalue weighted by atomic mass is 10.1. The number of rotatable bonds is 5. The molecule has 2 aromatic rings. The molecule has 2 rings (SSSR count). The molecular weight excluding hydrogens is 294 g/mol. The van der Waals surface area contributed by atoms with Crippen LogP contribution in [0.2, 0.25) is 0 Å². The van der Waals surface area contributed by atoms with Gasteiger partial charge in [0, 0.05) is 13.6 Å². The molecule has 1 aromatic heterocycles. The first-order valence-corrected chi connectivity index (χ1v) is 7.60. The minimum absolute atomic E-state index is 0.172. The van der Waals surface area contributed by atoms with Crippen LogP contribution in [0.15, 0.2) is 45.9 Å². The molecule has 7 heteroatoms. The highest BCUT2D eigenvalue weighted by Gasteiger charge is 2.25. The van der Waals surface area contributed by atoms with Gasteiger partial charge in [-0.05, 0) is 24.6 Å². The molecular formula is C14H15NO5S. The van der Waals surface area contributed by atoms with Crippen molar-refractivity contribution in [3.8, 4) is 0 Å². The van der Waals surface area contributed by atoms with Crippen molar-refractivity contribution < 1.29 is 22.7 Å². The molecule has 6 nitrogen and oxygen atoms in total. The SMILES string of the molecule is Cc1ccc(CN(C)S(=O)(=O)c2ccc(C(=O)O)o2)cc1. The summed E-state index contributed by atoms with van der Waals surface area (Å²) in [6.07, 6.45) is 0. The van der Waals surface area contributed by atoms with Crippen LogP contribution >= 0.6 is 0 Å². The van der Waals surface area contributed by atoms with Crippen LogP contribution in [-0.4, -0.2) is 30.8 Å². The van der Waals surface area contributed by atoms with Gasteiger partial charge in [-0.25, -0.2) is 13.2 Å². The van der Waals surface area contributed by atoms with E-state index in [1.807, 2.05) is 31.2 Å². The van der Waals surface area contributed by atoms with Crippen molar-refractivity contribution in [2.24, 2.45) is 0 Å². The second kappa shape index (κ2) is 5.71. The zero-order valence-electron chi connectivity index (χ0n) is 11.6. The summed E-state index contributed by atoms with van der Waals surface area (Å²) in [5.41, 5.74) is 1.91. The average Bonchev–Trinajstić information content (AvgIpc) is 2.91. The molecule has 0 fully saturated rings. The van der Waals surface area contributed by atoms with Crippen LogP contribution in [0.5, 0.6) is 0 Å². The number of aromatic carboxylic acids is 1. The molecule has 1 N–H and O–H groups in total. The van der Waals surface area contributed by atoms with Gasteiger partial charge in [-0.2, -0.15) is 4.31 Å². The smallest absolute Gasteiger partial charge is 0.371 e.